The van der Waals surface area contributed by atoms with E-state index in [1.54, 1.807) is 13.3 Å². The van der Waals surface area contributed by atoms with Gasteiger partial charge < -0.3 is 35.1 Å². The van der Waals surface area contributed by atoms with Crippen molar-refractivity contribution in [3.63, 3.8) is 0 Å². The highest BCUT2D eigenvalue weighted by molar-refractivity contribution is 6.03. The molecule has 0 atom stereocenters. The predicted octanol–water partition coefficient (Wildman–Crippen LogP) is 3.75. The van der Waals surface area contributed by atoms with Gasteiger partial charge in [-0.1, -0.05) is 12.1 Å². The number of hydrogen-bond acceptors (Lipinski definition) is 9. The van der Waals surface area contributed by atoms with Gasteiger partial charge in [0.2, 0.25) is 5.95 Å². The van der Waals surface area contributed by atoms with Gasteiger partial charge in [0, 0.05) is 63.5 Å². The van der Waals surface area contributed by atoms with E-state index in [-0.39, 0.29) is 0 Å². The smallest absolute Gasteiger partial charge is 0.227 e. The van der Waals surface area contributed by atoms with Gasteiger partial charge in [0.05, 0.1) is 52.8 Å². The average molecular weight is 512 g/mol. The number of likely N-dealkylation sites (N-methyl/N-ethyl adjacent to an activating group) is 3. The summed E-state index contributed by atoms with van der Waals surface area (Å²) >= 11 is 0. The Morgan fingerprint density at radius 2 is 2.00 bits per heavy atom. The molecular formula is C28H33N9O. The molecule has 0 fully saturated rings. The number of nitrogens with zero attached hydrogens (tertiary/aromatic N) is 7. The molecule has 5 rings (SSSR count). The van der Waals surface area contributed by atoms with Crippen molar-refractivity contribution in [1.82, 2.24) is 19.4 Å². The summed E-state index contributed by atoms with van der Waals surface area (Å²) in [7, 11) is 9.81. The molecule has 0 saturated heterocycles. The van der Waals surface area contributed by atoms with Crippen LogP contribution in [-0.4, -0.2) is 74.4 Å². The summed E-state index contributed by atoms with van der Waals surface area (Å²) in [5.41, 5.74) is 12.8. The van der Waals surface area contributed by atoms with E-state index in [0.29, 0.717) is 34.3 Å². The van der Waals surface area contributed by atoms with E-state index in [4.69, 9.17) is 15.5 Å². The minimum atomic E-state index is 0.356. The molecule has 10 nitrogen and oxygen atoms in total. The van der Waals surface area contributed by atoms with E-state index in [1.165, 1.54) is 5.69 Å². The highest BCUT2D eigenvalue weighted by Gasteiger charge is 2.22. The van der Waals surface area contributed by atoms with E-state index in [1.807, 2.05) is 39.3 Å². The van der Waals surface area contributed by atoms with E-state index in [0.717, 1.165) is 48.3 Å². The highest BCUT2D eigenvalue weighted by Crippen LogP contribution is 2.39. The fourth-order valence-corrected chi connectivity index (χ4v) is 4.89. The summed E-state index contributed by atoms with van der Waals surface area (Å²) in [5, 5.41) is 14.2. The average Bonchev–Trinajstić information content (AvgIpc) is 3.29. The third kappa shape index (κ3) is 4.53. The summed E-state index contributed by atoms with van der Waals surface area (Å²) in [4.78, 5) is 15.7. The molecule has 4 aromatic rings. The molecule has 3 N–H and O–H groups in total. The Labute approximate surface area is 222 Å². The molecular weight excluding hydrogens is 478 g/mol. The van der Waals surface area contributed by atoms with Crippen LogP contribution in [0, 0.1) is 11.3 Å². The van der Waals surface area contributed by atoms with Gasteiger partial charge in [0.15, 0.2) is 0 Å². The van der Waals surface area contributed by atoms with Crippen molar-refractivity contribution in [3.8, 4) is 23.1 Å². The van der Waals surface area contributed by atoms with Gasteiger partial charge in [-0.05, 0) is 26.2 Å². The molecule has 0 bridgehead atoms. The number of nitrogens with two attached hydrogens (primary N) is 1. The van der Waals surface area contributed by atoms with Gasteiger partial charge in [0.1, 0.15) is 11.8 Å². The van der Waals surface area contributed by atoms with Crippen molar-refractivity contribution in [1.29, 1.82) is 5.26 Å². The molecule has 196 valence electrons. The van der Waals surface area contributed by atoms with Gasteiger partial charge in [-0.25, -0.2) is 9.97 Å². The molecule has 0 amide bonds. The molecule has 1 aliphatic rings. The van der Waals surface area contributed by atoms with Crippen molar-refractivity contribution >= 4 is 39.6 Å². The molecule has 0 unspecified atom stereocenters. The first-order valence-corrected chi connectivity index (χ1v) is 12.5. The number of para-hydroxylation sites is 1. The van der Waals surface area contributed by atoms with Crippen LogP contribution in [0.1, 0.15) is 5.56 Å². The number of ether oxygens (including phenoxy) is 1. The van der Waals surface area contributed by atoms with E-state index in [2.05, 4.69) is 61.0 Å². The monoisotopic (exact) mass is 511 g/mol. The fraction of sp³-hybridized carbons (Fsp3) is 0.321. The van der Waals surface area contributed by atoms with Crippen molar-refractivity contribution in [2.75, 3.05) is 75.8 Å². The second kappa shape index (κ2) is 10.1. The van der Waals surface area contributed by atoms with Gasteiger partial charge in [-0.3, -0.25) is 0 Å². The molecule has 0 spiro atoms. The van der Waals surface area contributed by atoms with Gasteiger partial charge in [-0.15, -0.1) is 0 Å². The van der Waals surface area contributed by atoms with Crippen LogP contribution < -0.4 is 25.6 Å². The molecule has 1 aliphatic heterocycles. The van der Waals surface area contributed by atoms with E-state index in [9.17, 15) is 5.26 Å². The summed E-state index contributed by atoms with van der Waals surface area (Å²) in [5.74, 6) is 0.977. The van der Waals surface area contributed by atoms with Crippen LogP contribution in [0.3, 0.4) is 0 Å². The predicted molar refractivity (Wildman–Crippen MR) is 153 cm³/mol. The maximum Gasteiger partial charge on any atom is 0.227 e. The third-order valence-electron chi connectivity index (χ3n) is 7.02. The van der Waals surface area contributed by atoms with Crippen LogP contribution in [0.5, 0.6) is 5.75 Å². The van der Waals surface area contributed by atoms with Crippen LogP contribution in [0.15, 0.2) is 42.7 Å². The number of anilines is 5. The number of nitrogen functional groups attached to an aromatic ring is 1. The van der Waals surface area contributed by atoms with Crippen molar-refractivity contribution < 1.29 is 4.74 Å². The quantitative estimate of drug-likeness (QED) is 0.342. The Bertz CT molecular complexity index is 1540. The lowest BCUT2D eigenvalue weighted by Crippen LogP contribution is -2.29. The summed E-state index contributed by atoms with van der Waals surface area (Å²) in [6.45, 7) is 3.51. The zero-order valence-electron chi connectivity index (χ0n) is 22.5. The maximum absolute atomic E-state index is 9.87. The molecule has 2 aromatic heterocycles. The van der Waals surface area contributed by atoms with Gasteiger partial charge in [-0.2, -0.15) is 5.26 Å². The largest absolute Gasteiger partial charge is 0.494 e. The Balaban J connectivity index is 1.52. The zero-order valence-corrected chi connectivity index (χ0v) is 22.5. The summed E-state index contributed by atoms with van der Waals surface area (Å²) in [6, 6.07) is 12.3. The minimum absolute atomic E-state index is 0.356. The summed E-state index contributed by atoms with van der Waals surface area (Å²) < 4.78 is 7.93. The number of methoxy groups -OCH3 is 1. The number of rotatable bonds is 8. The van der Waals surface area contributed by atoms with Crippen LogP contribution >= 0.6 is 0 Å². The van der Waals surface area contributed by atoms with Crippen molar-refractivity contribution in [2.45, 2.75) is 6.54 Å². The topological polar surface area (TPSA) is 112 Å². The Morgan fingerprint density at radius 1 is 1.18 bits per heavy atom. The zero-order chi connectivity index (χ0) is 27.0. The second-order valence-electron chi connectivity index (χ2n) is 9.86. The molecule has 0 radical (unpaired) electrons. The normalized spacial score (nSPS) is 12.6. The molecule has 10 heteroatoms. The van der Waals surface area contributed by atoms with Crippen LogP contribution in [0.25, 0.3) is 22.2 Å². The number of aromatic nitrogens is 3. The van der Waals surface area contributed by atoms with Crippen LogP contribution in [0.2, 0.25) is 0 Å². The fourth-order valence-electron chi connectivity index (χ4n) is 4.89. The molecule has 3 heterocycles. The Morgan fingerprint density at radius 3 is 2.74 bits per heavy atom. The molecule has 2 aromatic carbocycles. The van der Waals surface area contributed by atoms with Crippen LogP contribution in [-0.2, 0) is 6.54 Å². The molecule has 0 aliphatic carbocycles. The van der Waals surface area contributed by atoms with Crippen molar-refractivity contribution in [3.05, 3.63) is 48.3 Å². The lowest BCUT2D eigenvalue weighted by molar-refractivity contribution is 0.413. The van der Waals surface area contributed by atoms with Crippen molar-refractivity contribution in [2.24, 2.45) is 0 Å². The maximum atomic E-state index is 9.87. The van der Waals surface area contributed by atoms with E-state index < -0.39 is 0 Å². The minimum Gasteiger partial charge on any atom is -0.494 e. The first-order valence-electron chi connectivity index (χ1n) is 12.5. The number of benzene rings is 2. The first kappa shape index (κ1) is 25.2. The number of nitrogens with one attached hydrogen (secondary N) is 1. The lowest BCUT2D eigenvalue weighted by Gasteiger charge is -2.26. The lowest BCUT2D eigenvalue weighted by atomic mass is 10.1. The first-order chi connectivity index (χ1) is 18.3. The standard InChI is InChI=1S/C28H33N9O/c1-34(2)9-10-36(4)24-14-25(38-5)22(13-21(24)30)32-28-31-16-18(15-29)26(33-28)20-17-37-12-11-35(3)23-8-6-7-19(20)27(23)37/h6-8,13-14,16-17H,9-12,30H2,1-5H3,(H,31,32,33). The van der Waals surface area contributed by atoms with Crippen LogP contribution in [0.4, 0.5) is 28.7 Å². The SMILES string of the molecule is COc1cc(N(C)CCN(C)C)c(N)cc1Nc1ncc(C#N)c(-c2cn3c4c(cccc24)N(C)CC3)n1. The van der Waals surface area contributed by atoms with Gasteiger partial charge in [0.25, 0.3) is 0 Å². The number of hydrogen-bond donors (Lipinski definition) is 2. The number of nitriles is 1. The Kier molecular flexibility index (Phi) is 6.70. The Hall–Kier alpha value is -4.49. The highest BCUT2D eigenvalue weighted by atomic mass is 16.5. The second-order valence-corrected chi connectivity index (χ2v) is 9.86. The van der Waals surface area contributed by atoms with Gasteiger partial charge >= 0.3 is 0 Å². The third-order valence-corrected chi connectivity index (χ3v) is 7.02. The van der Waals surface area contributed by atoms with E-state index >= 15 is 0 Å². The summed E-state index contributed by atoms with van der Waals surface area (Å²) in [6.07, 6.45) is 3.65. The molecule has 38 heavy (non-hydrogen) atoms. The molecule has 0 saturated carbocycles.